The Morgan fingerprint density at radius 3 is 1.06 bits per heavy atom. The molecule has 0 atom stereocenters. The molecule has 0 bridgehead atoms. The molecule has 3 heteroatoms. The van der Waals surface area contributed by atoms with Gasteiger partial charge < -0.3 is 13.7 Å². The van der Waals surface area contributed by atoms with Crippen LogP contribution >= 0.6 is 0 Å². The van der Waals surface area contributed by atoms with E-state index in [1.54, 1.807) is 0 Å². The van der Waals surface area contributed by atoms with E-state index < -0.39 is 0 Å². The minimum atomic E-state index is 1.17. The number of hydrogen-bond acceptors (Lipinski definition) is 0. The summed E-state index contributed by atoms with van der Waals surface area (Å²) in [7, 11) is 4.33. The molecular weight excluding hydrogens is 595 g/mol. The average molecular weight is 630 g/mol. The second kappa shape index (κ2) is 10.2. The molecule has 0 fully saturated rings. The summed E-state index contributed by atoms with van der Waals surface area (Å²) in [5.74, 6) is 0. The quantitative estimate of drug-likeness (QED) is 0.185. The van der Waals surface area contributed by atoms with Crippen LogP contribution in [0.4, 0.5) is 0 Å². The number of fused-ring (bicyclic) bond motifs is 9. The molecule has 3 nitrogen and oxygen atoms in total. The van der Waals surface area contributed by atoms with E-state index in [4.69, 9.17) is 0 Å². The molecule has 0 saturated carbocycles. The molecule has 7 aromatic carbocycles. The fraction of sp³-hybridized carbons (Fsp3) is 0.0870. The van der Waals surface area contributed by atoms with Gasteiger partial charge in [0.2, 0.25) is 0 Å². The molecule has 0 saturated heterocycles. The first kappa shape index (κ1) is 28.0. The summed E-state index contributed by atoms with van der Waals surface area (Å²) in [6.07, 6.45) is 0. The summed E-state index contributed by atoms with van der Waals surface area (Å²) < 4.78 is 7.03. The molecule has 0 aliphatic carbocycles. The molecular formula is C46H35N3. The van der Waals surface area contributed by atoms with Crippen LogP contribution in [0, 0.1) is 13.8 Å². The Labute approximate surface area is 284 Å². The van der Waals surface area contributed by atoms with Crippen molar-refractivity contribution in [3.63, 3.8) is 0 Å². The zero-order valence-electron chi connectivity index (χ0n) is 28.1. The largest absolute Gasteiger partial charge is 0.344 e. The molecule has 49 heavy (non-hydrogen) atoms. The first-order chi connectivity index (χ1) is 23.9. The smallest absolute Gasteiger partial charge is 0.0541 e. The fourth-order valence-electron chi connectivity index (χ4n) is 8.26. The van der Waals surface area contributed by atoms with Crippen LogP contribution in [0.2, 0.25) is 0 Å². The SMILES string of the molecule is Cc1ccc2c(c1)c1cc(-c3ccc4c(c3)c3cc(-c5ccc6c(c5)c5cc(C)ccc5n6C)ccc3n4-c3ccccc3)ccc1n2C. The van der Waals surface area contributed by atoms with Gasteiger partial charge in [-0.3, -0.25) is 0 Å². The van der Waals surface area contributed by atoms with Gasteiger partial charge in [0.15, 0.2) is 0 Å². The van der Waals surface area contributed by atoms with Crippen LogP contribution in [0.15, 0.2) is 140 Å². The highest BCUT2D eigenvalue weighted by atomic mass is 15.0. The molecule has 0 aliphatic heterocycles. The Morgan fingerprint density at radius 2 is 0.653 bits per heavy atom. The Morgan fingerprint density at radius 1 is 0.327 bits per heavy atom. The van der Waals surface area contributed by atoms with Crippen molar-refractivity contribution in [3.8, 4) is 27.9 Å². The summed E-state index contributed by atoms with van der Waals surface area (Å²) in [6.45, 7) is 4.35. The molecule has 3 aromatic heterocycles. The molecule has 0 radical (unpaired) electrons. The van der Waals surface area contributed by atoms with Crippen LogP contribution in [0.3, 0.4) is 0 Å². The van der Waals surface area contributed by atoms with Gasteiger partial charge in [-0.15, -0.1) is 0 Å². The minimum Gasteiger partial charge on any atom is -0.344 e. The van der Waals surface area contributed by atoms with E-state index in [0.29, 0.717) is 0 Å². The summed E-state index contributed by atoms with van der Waals surface area (Å²) in [6, 6.07) is 52.1. The lowest BCUT2D eigenvalue weighted by Gasteiger charge is -2.09. The highest BCUT2D eigenvalue weighted by Crippen LogP contribution is 2.40. The number of nitrogens with zero attached hydrogens (tertiary/aromatic N) is 3. The van der Waals surface area contributed by atoms with Crippen LogP contribution in [-0.2, 0) is 14.1 Å². The molecule has 10 aromatic rings. The maximum absolute atomic E-state index is 2.41. The minimum absolute atomic E-state index is 1.17. The van der Waals surface area contributed by atoms with E-state index in [9.17, 15) is 0 Å². The average Bonchev–Trinajstić information content (AvgIpc) is 3.71. The first-order valence-corrected chi connectivity index (χ1v) is 17.0. The van der Waals surface area contributed by atoms with Gasteiger partial charge in [-0.05, 0) is 121 Å². The zero-order valence-corrected chi connectivity index (χ0v) is 28.1. The van der Waals surface area contributed by atoms with Crippen molar-refractivity contribution in [2.45, 2.75) is 13.8 Å². The summed E-state index contributed by atoms with van der Waals surface area (Å²) in [4.78, 5) is 0. The third-order valence-corrected chi connectivity index (χ3v) is 10.8. The second-order valence-electron chi connectivity index (χ2n) is 13.8. The lowest BCUT2D eigenvalue weighted by Crippen LogP contribution is -1.93. The third-order valence-electron chi connectivity index (χ3n) is 10.8. The van der Waals surface area contributed by atoms with Crippen molar-refractivity contribution in [1.29, 1.82) is 0 Å². The number of hydrogen-bond donors (Lipinski definition) is 0. The van der Waals surface area contributed by atoms with Gasteiger partial charge in [0, 0.05) is 74.2 Å². The van der Waals surface area contributed by atoms with Gasteiger partial charge in [0.25, 0.3) is 0 Å². The van der Waals surface area contributed by atoms with Gasteiger partial charge in [0.1, 0.15) is 0 Å². The summed E-state index contributed by atoms with van der Waals surface area (Å²) >= 11 is 0. The number of aryl methyl sites for hydroxylation is 4. The van der Waals surface area contributed by atoms with E-state index in [2.05, 4.69) is 181 Å². The third kappa shape index (κ3) is 4.09. The van der Waals surface area contributed by atoms with Crippen molar-refractivity contribution in [1.82, 2.24) is 13.7 Å². The van der Waals surface area contributed by atoms with Gasteiger partial charge in [-0.2, -0.15) is 0 Å². The predicted molar refractivity (Wildman–Crippen MR) is 209 cm³/mol. The lowest BCUT2D eigenvalue weighted by atomic mass is 9.98. The van der Waals surface area contributed by atoms with Crippen LogP contribution in [0.25, 0.3) is 93.4 Å². The lowest BCUT2D eigenvalue weighted by molar-refractivity contribution is 1.01. The van der Waals surface area contributed by atoms with E-state index in [0.717, 1.165) is 0 Å². The maximum atomic E-state index is 2.41. The van der Waals surface area contributed by atoms with Gasteiger partial charge in [-0.1, -0.05) is 65.7 Å². The maximum Gasteiger partial charge on any atom is 0.0541 e. The fourth-order valence-corrected chi connectivity index (χ4v) is 8.26. The monoisotopic (exact) mass is 629 g/mol. The van der Waals surface area contributed by atoms with Gasteiger partial charge >= 0.3 is 0 Å². The first-order valence-electron chi connectivity index (χ1n) is 17.0. The van der Waals surface area contributed by atoms with E-state index in [1.165, 1.54) is 104 Å². The normalized spacial score (nSPS) is 12.1. The van der Waals surface area contributed by atoms with Crippen LogP contribution < -0.4 is 0 Å². The predicted octanol–water partition coefficient (Wildman–Crippen LogP) is 12.0. The highest BCUT2D eigenvalue weighted by Gasteiger charge is 2.17. The zero-order chi connectivity index (χ0) is 33.0. The topological polar surface area (TPSA) is 14.8 Å². The molecule has 0 aliphatic rings. The highest BCUT2D eigenvalue weighted by molar-refractivity contribution is 6.14. The second-order valence-corrected chi connectivity index (χ2v) is 13.8. The van der Waals surface area contributed by atoms with Crippen molar-refractivity contribution in [2.24, 2.45) is 14.1 Å². The van der Waals surface area contributed by atoms with Crippen molar-refractivity contribution in [3.05, 3.63) is 151 Å². The van der Waals surface area contributed by atoms with Crippen LogP contribution in [0.5, 0.6) is 0 Å². The van der Waals surface area contributed by atoms with Crippen LogP contribution in [-0.4, -0.2) is 13.7 Å². The Kier molecular flexibility index (Phi) is 5.84. The van der Waals surface area contributed by atoms with Gasteiger partial charge in [0.05, 0.1) is 11.0 Å². The molecule has 0 unspecified atom stereocenters. The van der Waals surface area contributed by atoms with Gasteiger partial charge in [-0.25, -0.2) is 0 Å². The molecule has 234 valence electrons. The number of para-hydroxylation sites is 1. The summed E-state index contributed by atoms with van der Waals surface area (Å²) in [5, 5.41) is 7.73. The van der Waals surface area contributed by atoms with Crippen molar-refractivity contribution in [2.75, 3.05) is 0 Å². The van der Waals surface area contributed by atoms with Crippen molar-refractivity contribution < 1.29 is 0 Å². The standard InChI is InChI=1S/C46H35N3/c1-28-10-16-41-35(22-28)37-24-30(12-18-43(37)47(41)3)32-14-20-45-39(26-32)40-27-33(15-21-46(40)49(45)34-8-6-5-7-9-34)31-13-19-44-38(25-31)36-23-29(2)11-17-42(36)48(44)4/h5-27H,1-4H3. The van der Waals surface area contributed by atoms with E-state index in [1.807, 2.05) is 0 Å². The summed E-state index contributed by atoms with van der Waals surface area (Å²) in [5.41, 5.74) is 16.1. The Balaban J connectivity index is 1.20. The molecule has 0 amide bonds. The number of benzene rings is 7. The number of aromatic nitrogens is 3. The number of rotatable bonds is 3. The van der Waals surface area contributed by atoms with E-state index >= 15 is 0 Å². The Bertz CT molecular complexity index is 2780. The Hall–Kier alpha value is -6.06. The molecule has 0 spiro atoms. The molecule has 0 N–H and O–H groups in total. The molecule has 3 heterocycles. The van der Waals surface area contributed by atoms with E-state index in [-0.39, 0.29) is 0 Å². The van der Waals surface area contributed by atoms with Crippen LogP contribution in [0.1, 0.15) is 11.1 Å². The molecule has 10 rings (SSSR count). The van der Waals surface area contributed by atoms with Crippen molar-refractivity contribution >= 4 is 65.4 Å².